The van der Waals surface area contributed by atoms with Crippen LogP contribution in [-0.4, -0.2) is 67.3 Å². The zero-order valence-electron chi connectivity index (χ0n) is 17.8. The summed E-state index contributed by atoms with van der Waals surface area (Å²) in [5.41, 5.74) is 0.0551. The predicted octanol–water partition coefficient (Wildman–Crippen LogP) is -0.0185. The van der Waals surface area contributed by atoms with E-state index in [4.69, 9.17) is 9.15 Å². The fourth-order valence-corrected chi connectivity index (χ4v) is 3.32. The maximum Gasteiger partial charge on any atom is 0.343 e. The number of aliphatic hydroxyl groups is 4. The molecule has 0 spiro atoms. The molecular formula is C23H22O11. The van der Waals surface area contributed by atoms with Crippen LogP contribution in [0.25, 0.3) is 22.3 Å². The second-order valence-corrected chi connectivity index (χ2v) is 7.43. The average molecular weight is 474 g/mol. The number of aliphatic hydroxyl groups excluding tert-OH is 4. The molecule has 1 aromatic heterocycles. The molecule has 0 aliphatic carbocycles. The Labute approximate surface area is 191 Å². The first-order chi connectivity index (χ1) is 16.1. The normalized spacial score (nSPS) is 14.9. The molecule has 2 aromatic carbocycles. The van der Waals surface area contributed by atoms with E-state index in [9.17, 15) is 45.0 Å². The number of aromatic hydroxyl groups is 2. The van der Waals surface area contributed by atoms with Gasteiger partial charge >= 0.3 is 5.97 Å². The highest BCUT2D eigenvalue weighted by Gasteiger charge is 2.35. The number of phenols is 2. The number of benzene rings is 2. The van der Waals surface area contributed by atoms with E-state index in [0.29, 0.717) is 5.56 Å². The van der Waals surface area contributed by atoms with Crippen molar-refractivity contribution in [2.24, 2.45) is 0 Å². The molecule has 0 saturated carbocycles. The largest absolute Gasteiger partial charge is 0.508 e. The fraction of sp³-hybridized carbons (Fsp3) is 0.261. The maximum atomic E-state index is 13.0. The van der Waals surface area contributed by atoms with Crippen LogP contribution in [-0.2, 0) is 16.0 Å². The standard InChI is InChI=1S/C23H22O11/c1-2-13-18(28)17-14(26)7-12(33-23(32)21(31)20(30)19(29)15(27)9-24)8-16(17)34-22(13)10-3-5-11(25)6-4-10/h3-9,15,19-21,25-27,29-31H,2H2,1H3/t15-,19+,20-,21-/m0/s1. The third-order valence-electron chi connectivity index (χ3n) is 5.15. The van der Waals surface area contributed by atoms with E-state index >= 15 is 0 Å². The molecule has 0 saturated heterocycles. The maximum absolute atomic E-state index is 13.0. The molecule has 0 unspecified atom stereocenters. The molecule has 0 aliphatic rings. The van der Waals surface area contributed by atoms with E-state index < -0.39 is 41.6 Å². The van der Waals surface area contributed by atoms with Gasteiger partial charge in [-0.3, -0.25) is 4.79 Å². The summed E-state index contributed by atoms with van der Waals surface area (Å²) in [5.74, 6) is -2.24. The monoisotopic (exact) mass is 474 g/mol. The van der Waals surface area contributed by atoms with Gasteiger partial charge in [-0.05, 0) is 30.7 Å². The van der Waals surface area contributed by atoms with Gasteiger partial charge in [0.15, 0.2) is 17.8 Å². The molecule has 4 atom stereocenters. The Balaban J connectivity index is 2.01. The fourth-order valence-electron chi connectivity index (χ4n) is 3.32. The molecule has 0 amide bonds. The van der Waals surface area contributed by atoms with E-state index in [1.54, 1.807) is 6.92 Å². The van der Waals surface area contributed by atoms with Gasteiger partial charge in [0.05, 0.1) is 0 Å². The number of esters is 1. The van der Waals surface area contributed by atoms with Crippen LogP contribution < -0.4 is 10.2 Å². The van der Waals surface area contributed by atoms with Gasteiger partial charge in [-0.2, -0.15) is 0 Å². The minimum atomic E-state index is -2.36. The molecule has 0 radical (unpaired) electrons. The van der Waals surface area contributed by atoms with Crippen molar-refractivity contribution in [3.05, 3.63) is 52.2 Å². The third-order valence-corrected chi connectivity index (χ3v) is 5.15. The number of fused-ring (bicyclic) bond motifs is 1. The van der Waals surface area contributed by atoms with E-state index in [2.05, 4.69) is 0 Å². The second kappa shape index (κ2) is 10.0. The van der Waals surface area contributed by atoms with Crippen molar-refractivity contribution in [1.29, 1.82) is 0 Å². The summed E-state index contributed by atoms with van der Waals surface area (Å²) in [6.45, 7) is 1.72. The number of carbonyl (C=O) groups excluding carboxylic acids is 2. The molecule has 3 aromatic rings. The first-order valence-electron chi connectivity index (χ1n) is 10.1. The van der Waals surface area contributed by atoms with Crippen LogP contribution in [0.3, 0.4) is 0 Å². The highest BCUT2D eigenvalue weighted by molar-refractivity contribution is 5.88. The Bertz CT molecular complexity index is 1260. The molecule has 11 heteroatoms. The van der Waals surface area contributed by atoms with Gasteiger partial charge in [0.25, 0.3) is 0 Å². The number of carbonyl (C=O) groups is 2. The number of rotatable bonds is 8. The first kappa shape index (κ1) is 24.9. The van der Waals surface area contributed by atoms with Crippen LogP contribution in [0.1, 0.15) is 12.5 Å². The number of ether oxygens (including phenoxy) is 1. The Morgan fingerprint density at radius 1 is 1.06 bits per heavy atom. The Morgan fingerprint density at radius 3 is 2.29 bits per heavy atom. The number of phenolic OH excluding ortho intramolecular Hbond substituents is 2. The zero-order chi connectivity index (χ0) is 25.2. The van der Waals surface area contributed by atoms with Gasteiger partial charge in [0.1, 0.15) is 52.3 Å². The minimum absolute atomic E-state index is 0.00306. The molecule has 11 nitrogen and oxygen atoms in total. The molecule has 1 heterocycles. The summed E-state index contributed by atoms with van der Waals surface area (Å²) < 4.78 is 10.8. The smallest absolute Gasteiger partial charge is 0.343 e. The van der Waals surface area contributed by atoms with Crippen molar-refractivity contribution < 1.29 is 49.4 Å². The van der Waals surface area contributed by atoms with Crippen molar-refractivity contribution in [1.82, 2.24) is 0 Å². The Hall–Kier alpha value is -3.77. The first-order valence-corrected chi connectivity index (χ1v) is 10.1. The van der Waals surface area contributed by atoms with Gasteiger partial charge in [-0.15, -0.1) is 0 Å². The van der Waals surface area contributed by atoms with E-state index in [1.165, 1.54) is 24.3 Å². The quantitative estimate of drug-likeness (QED) is 0.146. The molecule has 180 valence electrons. The number of hydrogen-bond donors (Lipinski definition) is 6. The molecular weight excluding hydrogens is 452 g/mol. The second-order valence-electron chi connectivity index (χ2n) is 7.43. The summed E-state index contributed by atoms with van der Waals surface area (Å²) in [6.07, 6.45) is -8.65. The SMILES string of the molecule is CCc1c(-c2ccc(O)cc2)oc2cc(OC(=O)[C@@H](O)[C@@H](O)[C@H](O)[C@@H](O)C=O)cc(O)c2c1=O. The van der Waals surface area contributed by atoms with Crippen LogP contribution in [0.15, 0.2) is 45.6 Å². The molecule has 34 heavy (non-hydrogen) atoms. The lowest BCUT2D eigenvalue weighted by atomic mass is 10.0. The molecule has 0 fully saturated rings. The molecule has 3 rings (SSSR count). The lowest BCUT2D eigenvalue weighted by molar-refractivity contribution is -0.161. The van der Waals surface area contributed by atoms with Gasteiger partial charge < -0.3 is 44.6 Å². The third kappa shape index (κ3) is 4.77. The van der Waals surface area contributed by atoms with Gasteiger partial charge in [-0.1, -0.05) is 6.92 Å². The van der Waals surface area contributed by atoms with E-state index in [-0.39, 0.29) is 46.5 Å². The highest BCUT2D eigenvalue weighted by atomic mass is 16.6. The lowest BCUT2D eigenvalue weighted by Crippen LogP contribution is -2.49. The number of hydrogen-bond acceptors (Lipinski definition) is 11. The van der Waals surface area contributed by atoms with Crippen molar-refractivity contribution in [2.75, 3.05) is 0 Å². The van der Waals surface area contributed by atoms with Crippen LogP contribution in [0.4, 0.5) is 0 Å². The van der Waals surface area contributed by atoms with Crippen molar-refractivity contribution >= 4 is 23.2 Å². The summed E-state index contributed by atoms with van der Waals surface area (Å²) in [5, 5.41) is 58.3. The van der Waals surface area contributed by atoms with Crippen LogP contribution in [0.5, 0.6) is 17.2 Å². The van der Waals surface area contributed by atoms with Gasteiger partial charge in [0, 0.05) is 23.3 Å². The Kier molecular flexibility index (Phi) is 7.32. The van der Waals surface area contributed by atoms with Crippen molar-refractivity contribution in [2.45, 2.75) is 37.8 Å². The van der Waals surface area contributed by atoms with Crippen molar-refractivity contribution in [3.8, 4) is 28.6 Å². The highest BCUT2D eigenvalue weighted by Crippen LogP contribution is 2.34. The van der Waals surface area contributed by atoms with Gasteiger partial charge in [-0.25, -0.2) is 4.79 Å². The molecule has 0 bridgehead atoms. The predicted molar refractivity (Wildman–Crippen MR) is 116 cm³/mol. The minimum Gasteiger partial charge on any atom is -0.508 e. The number of aldehydes is 1. The van der Waals surface area contributed by atoms with E-state index in [1.807, 2.05) is 0 Å². The van der Waals surface area contributed by atoms with Gasteiger partial charge in [0.2, 0.25) is 0 Å². The van der Waals surface area contributed by atoms with Crippen LogP contribution in [0, 0.1) is 0 Å². The summed E-state index contributed by atoms with van der Waals surface area (Å²) in [7, 11) is 0. The zero-order valence-corrected chi connectivity index (χ0v) is 17.8. The van der Waals surface area contributed by atoms with E-state index in [0.717, 1.165) is 12.1 Å². The van der Waals surface area contributed by atoms with Crippen molar-refractivity contribution in [3.63, 3.8) is 0 Å². The van der Waals surface area contributed by atoms with Crippen LogP contribution in [0.2, 0.25) is 0 Å². The summed E-state index contributed by atoms with van der Waals surface area (Å²) in [6, 6.07) is 7.88. The molecule has 6 N–H and O–H groups in total. The van der Waals surface area contributed by atoms with Crippen LogP contribution >= 0.6 is 0 Å². The molecule has 0 aliphatic heterocycles. The summed E-state index contributed by atoms with van der Waals surface area (Å²) in [4.78, 5) is 35.7. The summed E-state index contributed by atoms with van der Waals surface area (Å²) >= 11 is 0. The Morgan fingerprint density at radius 2 is 1.71 bits per heavy atom. The average Bonchev–Trinajstić information content (AvgIpc) is 2.82. The lowest BCUT2D eigenvalue weighted by Gasteiger charge is -2.22. The topological polar surface area (TPSA) is 195 Å².